The van der Waals surface area contributed by atoms with Crippen molar-refractivity contribution in [3.63, 3.8) is 0 Å². The van der Waals surface area contributed by atoms with Gasteiger partial charge in [-0.05, 0) is 60.4 Å². The van der Waals surface area contributed by atoms with E-state index in [9.17, 15) is 14.7 Å². The molecular formula is C20H22N2O4. The van der Waals surface area contributed by atoms with Crippen molar-refractivity contribution in [1.29, 1.82) is 0 Å². The number of amides is 2. The molecule has 0 radical (unpaired) electrons. The first-order chi connectivity index (χ1) is 12.4. The third-order valence-electron chi connectivity index (χ3n) is 4.53. The highest BCUT2D eigenvalue weighted by Crippen LogP contribution is 2.28. The summed E-state index contributed by atoms with van der Waals surface area (Å²) in [6.45, 7) is 4.51. The smallest absolute Gasteiger partial charge is 0.313 e. The molecule has 6 heteroatoms. The molecule has 0 fully saturated rings. The molecule has 2 amide bonds. The van der Waals surface area contributed by atoms with Gasteiger partial charge in [0.15, 0.2) is 0 Å². The average Bonchev–Trinajstić information content (AvgIpc) is 3.10. The molecule has 0 aliphatic carbocycles. The van der Waals surface area contributed by atoms with E-state index in [0.29, 0.717) is 17.9 Å². The van der Waals surface area contributed by atoms with Gasteiger partial charge in [0.05, 0.1) is 12.7 Å². The Balaban J connectivity index is 1.54. The zero-order valence-electron chi connectivity index (χ0n) is 14.8. The second-order valence-electron chi connectivity index (χ2n) is 6.44. The summed E-state index contributed by atoms with van der Waals surface area (Å²) in [5, 5.41) is 15.3. The highest BCUT2D eigenvalue weighted by atomic mass is 16.5. The molecule has 2 aromatic rings. The third kappa shape index (κ3) is 4.03. The van der Waals surface area contributed by atoms with Gasteiger partial charge in [-0.15, -0.1) is 0 Å². The van der Waals surface area contributed by atoms with Gasteiger partial charge in [0.1, 0.15) is 5.75 Å². The molecule has 0 saturated carbocycles. The fourth-order valence-corrected chi connectivity index (χ4v) is 2.81. The maximum Gasteiger partial charge on any atom is 0.313 e. The fourth-order valence-electron chi connectivity index (χ4n) is 2.81. The Morgan fingerprint density at radius 3 is 2.69 bits per heavy atom. The number of aliphatic hydroxyl groups excluding tert-OH is 1. The minimum atomic E-state index is -0.890. The number of hydrogen-bond acceptors (Lipinski definition) is 4. The van der Waals surface area contributed by atoms with Crippen LogP contribution < -0.4 is 15.4 Å². The van der Waals surface area contributed by atoms with Crippen molar-refractivity contribution in [2.45, 2.75) is 26.4 Å². The van der Waals surface area contributed by atoms with Gasteiger partial charge in [-0.3, -0.25) is 9.59 Å². The first kappa shape index (κ1) is 17.9. The lowest BCUT2D eigenvalue weighted by Crippen LogP contribution is -2.37. The van der Waals surface area contributed by atoms with Crippen LogP contribution in [0.4, 0.5) is 5.69 Å². The molecule has 136 valence electrons. The number of ether oxygens (including phenoxy) is 1. The summed E-state index contributed by atoms with van der Waals surface area (Å²) in [5.74, 6) is -0.715. The molecule has 3 rings (SSSR count). The standard InChI is InChI=1S/C20H22N2O4/c1-12-3-5-16(9-13(12)2)22-20(25)19(24)21-11-17(23)14-4-6-18-15(10-14)7-8-26-18/h3-6,9-10,17,23H,7-8,11H2,1-2H3,(H,21,24)(H,22,25). The van der Waals surface area contributed by atoms with Crippen LogP contribution in [-0.2, 0) is 16.0 Å². The highest BCUT2D eigenvalue weighted by molar-refractivity contribution is 6.39. The number of nitrogens with one attached hydrogen (secondary N) is 2. The second-order valence-corrected chi connectivity index (χ2v) is 6.44. The molecule has 1 unspecified atom stereocenters. The van der Waals surface area contributed by atoms with Crippen molar-refractivity contribution in [2.75, 3.05) is 18.5 Å². The Bertz CT molecular complexity index is 848. The van der Waals surface area contributed by atoms with Gasteiger partial charge in [-0.25, -0.2) is 0 Å². The molecule has 1 aliphatic rings. The van der Waals surface area contributed by atoms with Crippen molar-refractivity contribution in [1.82, 2.24) is 5.32 Å². The monoisotopic (exact) mass is 354 g/mol. The highest BCUT2D eigenvalue weighted by Gasteiger charge is 2.18. The minimum Gasteiger partial charge on any atom is -0.493 e. The Hall–Kier alpha value is -2.86. The molecule has 0 saturated heterocycles. The summed E-state index contributed by atoms with van der Waals surface area (Å²) >= 11 is 0. The van der Waals surface area contributed by atoms with E-state index < -0.39 is 17.9 Å². The van der Waals surface area contributed by atoms with Crippen LogP contribution in [0.1, 0.15) is 28.4 Å². The Kier molecular flexibility index (Phi) is 5.23. The lowest BCUT2D eigenvalue weighted by Gasteiger charge is -2.13. The zero-order chi connectivity index (χ0) is 18.7. The number of aliphatic hydroxyl groups is 1. The number of carbonyl (C=O) groups is 2. The van der Waals surface area contributed by atoms with Gasteiger partial charge in [0.2, 0.25) is 0 Å². The predicted octanol–water partition coefficient (Wildman–Crippen LogP) is 2.03. The number of anilines is 1. The van der Waals surface area contributed by atoms with E-state index in [0.717, 1.165) is 28.9 Å². The van der Waals surface area contributed by atoms with E-state index in [-0.39, 0.29) is 6.54 Å². The summed E-state index contributed by atoms with van der Waals surface area (Å²) in [4.78, 5) is 24.0. The van der Waals surface area contributed by atoms with Crippen molar-refractivity contribution >= 4 is 17.5 Å². The third-order valence-corrected chi connectivity index (χ3v) is 4.53. The quantitative estimate of drug-likeness (QED) is 0.733. The van der Waals surface area contributed by atoms with E-state index in [1.54, 1.807) is 12.1 Å². The number of aryl methyl sites for hydroxylation is 2. The summed E-state index contributed by atoms with van der Waals surface area (Å²) < 4.78 is 5.43. The van der Waals surface area contributed by atoms with E-state index in [1.807, 2.05) is 38.1 Å². The number of hydrogen-bond donors (Lipinski definition) is 3. The first-order valence-electron chi connectivity index (χ1n) is 8.54. The van der Waals surface area contributed by atoms with Crippen LogP contribution in [0, 0.1) is 13.8 Å². The molecule has 1 atom stereocenters. The second kappa shape index (κ2) is 7.58. The van der Waals surface area contributed by atoms with Gasteiger partial charge in [-0.1, -0.05) is 12.1 Å². The van der Waals surface area contributed by atoms with Crippen LogP contribution in [0.3, 0.4) is 0 Å². The zero-order valence-corrected chi connectivity index (χ0v) is 14.8. The number of carbonyl (C=O) groups excluding carboxylic acids is 2. The Labute approximate surface area is 152 Å². The Morgan fingerprint density at radius 2 is 1.92 bits per heavy atom. The molecule has 1 aliphatic heterocycles. The molecule has 0 bridgehead atoms. The fraction of sp³-hybridized carbons (Fsp3) is 0.300. The van der Waals surface area contributed by atoms with Gasteiger partial charge >= 0.3 is 11.8 Å². The van der Waals surface area contributed by atoms with E-state index >= 15 is 0 Å². The maximum absolute atomic E-state index is 12.0. The van der Waals surface area contributed by atoms with Crippen molar-refractivity contribution in [2.24, 2.45) is 0 Å². The predicted molar refractivity (Wildman–Crippen MR) is 98.2 cm³/mol. The normalized spacial score (nSPS) is 13.5. The SMILES string of the molecule is Cc1ccc(NC(=O)C(=O)NCC(O)c2ccc3c(c2)CCO3)cc1C. The van der Waals surface area contributed by atoms with Crippen molar-refractivity contribution < 1.29 is 19.4 Å². The molecule has 6 nitrogen and oxygen atoms in total. The van der Waals surface area contributed by atoms with Crippen LogP contribution in [0.5, 0.6) is 5.75 Å². The van der Waals surface area contributed by atoms with E-state index in [2.05, 4.69) is 10.6 Å². The van der Waals surface area contributed by atoms with Crippen LogP contribution in [0.15, 0.2) is 36.4 Å². The molecule has 1 heterocycles. The van der Waals surface area contributed by atoms with Crippen LogP contribution in [-0.4, -0.2) is 30.1 Å². The molecule has 26 heavy (non-hydrogen) atoms. The molecular weight excluding hydrogens is 332 g/mol. The Morgan fingerprint density at radius 1 is 1.12 bits per heavy atom. The van der Waals surface area contributed by atoms with Crippen LogP contribution >= 0.6 is 0 Å². The summed E-state index contributed by atoms with van der Waals surface area (Å²) in [6.07, 6.45) is -0.0834. The van der Waals surface area contributed by atoms with Gasteiger partial charge in [0, 0.05) is 18.7 Å². The lowest BCUT2D eigenvalue weighted by atomic mass is 10.0. The molecule has 0 spiro atoms. The largest absolute Gasteiger partial charge is 0.493 e. The summed E-state index contributed by atoms with van der Waals surface area (Å²) in [6, 6.07) is 10.9. The topological polar surface area (TPSA) is 87.7 Å². The van der Waals surface area contributed by atoms with Gasteiger partial charge in [-0.2, -0.15) is 0 Å². The van der Waals surface area contributed by atoms with Crippen LogP contribution in [0.25, 0.3) is 0 Å². The van der Waals surface area contributed by atoms with Crippen LogP contribution in [0.2, 0.25) is 0 Å². The van der Waals surface area contributed by atoms with Gasteiger partial charge in [0.25, 0.3) is 0 Å². The summed E-state index contributed by atoms with van der Waals surface area (Å²) in [5.41, 5.74) is 4.42. The first-order valence-corrected chi connectivity index (χ1v) is 8.54. The lowest BCUT2D eigenvalue weighted by molar-refractivity contribution is -0.136. The van der Waals surface area contributed by atoms with E-state index in [1.165, 1.54) is 0 Å². The minimum absolute atomic E-state index is 0.0428. The summed E-state index contributed by atoms with van der Waals surface area (Å²) in [7, 11) is 0. The van der Waals surface area contributed by atoms with Gasteiger partial charge < -0.3 is 20.5 Å². The number of fused-ring (bicyclic) bond motifs is 1. The average molecular weight is 354 g/mol. The number of benzene rings is 2. The van der Waals surface area contributed by atoms with Crippen molar-refractivity contribution in [3.05, 3.63) is 58.7 Å². The molecule has 0 aromatic heterocycles. The van der Waals surface area contributed by atoms with E-state index in [4.69, 9.17) is 4.74 Å². The molecule has 2 aromatic carbocycles. The number of rotatable bonds is 4. The van der Waals surface area contributed by atoms with Crippen molar-refractivity contribution in [3.8, 4) is 5.75 Å². The maximum atomic E-state index is 12.0. The molecule has 3 N–H and O–H groups in total.